The Morgan fingerprint density at radius 3 is 1.99 bits per heavy atom. The van der Waals surface area contributed by atoms with Crippen molar-refractivity contribution >= 4 is 35.1 Å². The molecule has 2 heterocycles. The minimum atomic E-state index is -0.903. The third kappa shape index (κ3) is 18.1. The van der Waals surface area contributed by atoms with Crippen molar-refractivity contribution in [3.05, 3.63) is 107 Å². The van der Waals surface area contributed by atoms with Gasteiger partial charge < -0.3 is 41.7 Å². The van der Waals surface area contributed by atoms with Crippen molar-refractivity contribution in [1.29, 1.82) is 0 Å². The number of morpholine rings is 1. The molecular formula is C56H77ClN6O9. The maximum absolute atomic E-state index is 14.7. The van der Waals surface area contributed by atoms with Crippen LogP contribution >= 0.6 is 0 Å². The molecule has 2 amide bonds. The molecule has 0 bridgehead atoms. The Bertz CT molecular complexity index is 2370. The molecule has 1 saturated carbocycles. The summed E-state index contributed by atoms with van der Waals surface area (Å²) in [5.41, 5.74) is 2.89. The number of benzene rings is 3. The molecule has 2 fully saturated rings. The van der Waals surface area contributed by atoms with Gasteiger partial charge in [-0.2, -0.15) is 15.4 Å². The number of amides is 2. The van der Waals surface area contributed by atoms with E-state index < -0.39 is 35.3 Å². The zero-order valence-corrected chi connectivity index (χ0v) is 43.0. The Hall–Kier alpha value is -5.77. The van der Waals surface area contributed by atoms with Gasteiger partial charge in [-0.1, -0.05) is 103 Å². The largest absolute Gasteiger partial charge is 1.00 e. The molecular weight excluding hydrogens is 936 g/mol. The summed E-state index contributed by atoms with van der Waals surface area (Å²) in [5, 5.41) is 16.6. The first-order chi connectivity index (χ1) is 33.5. The standard InChI is InChI=1S/C55H72N6O9.CH4.ClH/c1-37(2)27-47(49(64)32-44(29-41-15-11-8-12-16-41)54(67)58-48(28-38(3)4)52(65)55(6)21-22-55)57-53(66)43(19-17-40-13-9-7-10-14-40)31-46(63)35-61(23-25-68-26-24-61)34-42-18-20-50(70-39(5)62)51(30-42)69-36-45-33-56-60-59-45;;/h7-16,18,20,30,33,37-38,43-44,47-48H,17,19,21-29,31-32,34-36H2,1-6H3,(H2-,56,57,58,59,60,66,67);1H4;1H/t43-,44-,47+,48+;;/m1../s1. The number of ether oxygens (including phenoxy) is 3. The number of aromatic nitrogens is 3. The highest BCUT2D eigenvalue weighted by Gasteiger charge is 2.48. The molecule has 6 rings (SSSR count). The number of H-pyrrole nitrogens is 1. The summed E-state index contributed by atoms with van der Waals surface area (Å²) >= 11 is 0. The number of hydrogen-bond donors (Lipinski definition) is 3. The minimum absolute atomic E-state index is 0. The summed E-state index contributed by atoms with van der Waals surface area (Å²) in [6, 6.07) is 23.1. The molecule has 4 atom stereocenters. The van der Waals surface area contributed by atoms with E-state index in [1.807, 2.05) is 107 Å². The summed E-state index contributed by atoms with van der Waals surface area (Å²) in [7, 11) is 0. The van der Waals surface area contributed by atoms with E-state index in [4.69, 9.17) is 14.2 Å². The Morgan fingerprint density at radius 2 is 1.39 bits per heavy atom. The number of halogens is 1. The Kier molecular flexibility index (Phi) is 22.8. The number of carbonyl (C=O) groups is 6. The van der Waals surface area contributed by atoms with E-state index in [0.29, 0.717) is 74.5 Å². The number of Topliss-reactive ketones (excluding diaryl/α,β-unsaturated/α-hetero) is 3. The Balaban J connectivity index is 0.00000562. The molecule has 16 heteroatoms. The number of nitrogens with one attached hydrogen (secondary N) is 3. The van der Waals surface area contributed by atoms with Gasteiger partial charge in [0.2, 0.25) is 11.8 Å². The highest BCUT2D eigenvalue weighted by atomic mass is 35.5. The van der Waals surface area contributed by atoms with Crippen LogP contribution in [0.25, 0.3) is 0 Å². The number of aromatic amines is 1. The van der Waals surface area contributed by atoms with Crippen molar-refractivity contribution in [3.8, 4) is 11.5 Å². The smallest absolute Gasteiger partial charge is 0.308 e. The van der Waals surface area contributed by atoms with Gasteiger partial charge in [0.25, 0.3) is 0 Å². The van der Waals surface area contributed by atoms with Crippen LogP contribution in [0.3, 0.4) is 0 Å². The Morgan fingerprint density at radius 1 is 0.778 bits per heavy atom. The van der Waals surface area contributed by atoms with Crippen LogP contribution in [0.5, 0.6) is 11.5 Å². The van der Waals surface area contributed by atoms with Gasteiger partial charge in [0.15, 0.2) is 28.8 Å². The summed E-state index contributed by atoms with van der Waals surface area (Å²) < 4.78 is 17.7. The van der Waals surface area contributed by atoms with Crippen LogP contribution in [0.1, 0.15) is 116 Å². The maximum atomic E-state index is 14.7. The molecule has 3 aromatic carbocycles. The quantitative estimate of drug-likeness (QED) is 0.0404. The molecule has 4 aromatic rings. The fourth-order valence-electron chi connectivity index (χ4n) is 9.38. The number of nitrogens with zero attached hydrogens (tertiary/aromatic N) is 3. The maximum Gasteiger partial charge on any atom is 0.308 e. The van der Waals surface area contributed by atoms with Gasteiger partial charge >= 0.3 is 5.97 Å². The normalized spacial score (nSPS) is 16.2. The molecule has 0 radical (unpaired) electrons. The van der Waals surface area contributed by atoms with E-state index >= 15 is 0 Å². The highest BCUT2D eigenvalue weighted by molar-refractivity contribution is 5.97. The van der Waals surface area contributed by atoms with Crippen LogP contribution in [0, 0.1) is 29.1 Å². The number of hydrogen-bond acceptors (Lipinski definition) is 11. The molecule has 0 spiro atoms. The average Bonchev–Trinajstić information content (AvgIpc) is 3.85. The minimum Gasteiger partial charge on any atom is -1.00 e. The molecule has 1 saturated heterocycles. The lowest BCUT2D eigenvalue weighted by atomic mass is 9.87. The fraction of sp³-hybridized carbons (Fsp3) is 0.536. The van der Waals surface area contributed by atoms with Gasteiger partial charge in [-0.3, -0.25) is 28.8 Å². The van der Waals surface area contributed by atoms with Gasteiger partial charge in [-0.05, 0) is 86.1 Å². The SMILES string of the molecule is C.CC(=O)Oc1ccc(C[N+]2(CC(=O)C[C@@H](CCc3ccccc3)C(=O)N[C@@H](CC(C)C)C(=O)C[C@@H](Cc3ccccc3)C(=O)N[C@@H](CC(C)C)C(=O)C3(C)CC3)CCOCC2)cc1OCc1cn[nH]n1.[Cl-]. The van der Waals surface area contributed by atoms with Crippen LogP contribution in [-0.2, 0) is 59.5 Å². The number of quaternary nitrogens is 1. The number of ketones is 3. The molecule has 72 heavy (non-hydrogen) atoms. The predicted octanol–water partition coefficient (Wildman–Crippen LogP) is 4.75. The molecule has 2 aliphatic rings. The van der Waals surface area contributed by atoms with Crippen LogP contribution in [-0.4, -0.2) is 100.0 Å². The highest BCUT2D eigenvalue weighted by Crippen LogP contribution is 2.47. The van der Waals surface area contributed by atoms with E-state index in [1.165, 1.54) is 6.92 Å². The fourth-order valence-corrected chi connectivity index (χ4v) is 9.38. The summed E-state index contributed by atoms with van der Waals surface area (Å²) in [5.74, 6) is -2.29. The lowest BCUT2D eigenvalue weighted by Gasteiger charge is -2.41. The van der Waals surface area contributed by atoms with E-state index in [2.05, 4.69) is 26.0 Å². The second-order valence-corrected chi connectivity index (χ2v) is 20.7. The summed E-state index contributed by atoms with van der Waals surface area (Å²) in [6.07, 6.45) is 5.01. The van der Waals surface area contributed by atoms with Crippen LogP contribution in [0.4, 0.5) is 0 Å². The number of rotatable bonds is 28. The van der Waals surface area contributed by atoms with Crippen LogP contribution < -0.4 is 32.5 Å². The first-order valence-electron chi connectivity index (χ1n) is 25.0. The first-order valence-corrected chi connectivity index (χ1v) is 25.0. The van der Waals surface area contributed by atoms with E-state index in [0.717, 1.165) is 29.5 Å². The number of carbonyl (C=O) groups excluding carboxylic acids is 6. The molecule has 0 unspecified atom stereocenters. The summed E-state index contributed by atoms with van der Waals surface area (Å²) in [6.45, 7) is 14.0. The van der Waals surface area contributed by atoms with Crippen molar-refractivity contribution in [1.82, 2.24) is 26.0 Å². The van der Waals surface area contributed by atoms with E-state index in [-0.39, 0.29) is 99.0 Å². The molecule has 3 N–H and O–H groups in total. The van der Waals surface area contributed by atoms with Gasteiger partial charge in [0.1, 0.15) is 38.5 Å². The van der Waals surface area contributed by atoms with Crippen molar-refractivity contribution in [2.24, 2.45) is 29.1 Å². The Labute approximate surface area is 432 Å². The summed E-state index contributed by atoms with van der Waals surface area (Å²) in [4.78, 5) is 83.7. The van der Waals surface area contributed by atoms with Gasteiger partial charge in [-0.25, -0.2) is 0 Å². The van der Waals surface area contributed by atoms with Crippen molar-refractivity contribution in [2.45, 2.75) is 132 Å². The molecule has 1 aliphatic heterocycles. The molecule has 1 aliphatic carbocycles. The first kappa shape index (κ1) is 58.8. The van der Waals surface area contributed by atoms with Gasteiger partial charge in [0, 0.05) is 42.6 Å². The third-order valence-corrected chi connectivity index (χ3v) is 13.5. The van der Waals surface area contributed by atoms with Crippen molar-refractivity contribution in [3.63, 3.8) is 0 Å². The predicted molar refractivity (Wildman–Crippen MR) is 271 cm³/mol. The van der Waals surface area contributed by atoms with Gasteiger partial charge in [0.05, 0.1) is 31.5 Å². The third-order valence-electron chi connectivity index (χ3n) is 13.5. The van der Waals surface area contributed by atoms with E-state index in [9.17, 15) is 28.8 Å². The van der Waals surface area contributed by atoms with Crippen molar-refractivity contribution in [2.75, 3.05) is 32.8 Å². The lowest BCUT2D eigenvalue weighted by molar-refractivity contribution is -0.940. The zero-order valence-electron chi connectivity index (χ0n) is 42.3. The molecule has 392 valence electrons. The zero-order chi connectivity index (χ0) is 50.3. The number of esters is 1. The van der Waals surface area contributed by atoms with Crippen molar-refractivity contribution < 1.29 is 59.9 Å². The second-order valence-electron chi connectivity index (χ2n) is 20.7. The molecule has 15 nitrogen and oxygen atoms in total. The van der Waals surface area contributed by atoms with Crippen LogP contribution in [0.2, 0.25) is 0 Å². The lowest BCUT2D eigenvalue weighted by Crippen LogP contribution is -3.00. The second kappa shape index (κ2) is 27.9. The topological polar surface area (TPSA) is 196 Å². The van der Waals surface area contributed by atoms with Crippen LogP contribution in [0.15, 0.2) is 85.1 Å². The number of aryl methyl sites for hydroxylation is 1. The monoisotopic (exact) mass is 1010 g/mol. The molecule has 1 aromatic heterocycles. The average molecular weight is 1010 g/mol. The van der Waals surface area contributed by atoms with E-state index in [1.54, 1.807) is 12.3 Å². The van der Waals surface area contributed by atoms with Gasteiger partial charge in [-0.15, -0.1) is 0 Å².